The average molecular weight is 467 g/mol. The summed E-state index contributed by atoms with van der Waals surface area (Å²) in [5.41, 5.74) is 2.47. The molecular weight excluding hydrogens is 440 g/mol. The Balaban J connectivity index is 1.95. The van der Waals surface area contributed by atoms with Crippen LogP contribution in [0.5, 0.6) is 0 Å². The Labute approximate surface area is 194 Å². The topological polar surface area (TPSA) is 99.1 Å². The van der Waals surface area contributed by atoms with Gasteiger partial charge in [-0.15, -0.1) is 11.3 Å². The van der Waals surface area contributed by atoms with Gasteiger partial charge in [0.25, 0.3) is 5.56 Å². The molecule has 0 radical (unpaired) electrons. The van der Waals surface area contributed by atoms with E-state index >= 15 is 0 Å². The Kier molecular flexibility index (Phi) is 5.84. The lowest BCUT2D eigenvalue weighted by Crippen LogP contribution is -2.38. The highest BCUT2D eigenvalue weighted by Crippen LogP contribution is 2.32. The first kappa shape index (κ1) is 22.7. The molecule has 0 unspecified atom stereocenters. The Morgan fingerprint density at radius 3 is 2.42 bits per heavy atom. The third-order valence-corrected chi connectivity index (χ3v) is 7.00. The van der Waals surface area contributed by atoms with E-state index in [1.54, 1.807) is 0 Å². The highest BCUT2D eigenvalue weighted by molar-refractivity contribution is 7.19. The molecule has 0 saturated carbocycles. The maximum Gasteiger partial charge on any atom is 0.337 e. The second-order valence-corrected chi connectivity index (χ2v) is 9.69. The zero-order chi connectivity index (χ0) is 24.0. The summed E-state index contributed by atoms with van der Waals surface area (Å²) in [5, 5.41) is 14.8. The van der Waals surface area contributed by atoms with Crippen LogP contribution in [0.1, 0.15) is 46.0 Å². The average Bonchev–Trinajstić information content (AvgIpc) is 3.29. The molecule has 0 fully saturated rings. The van der Waals surface area contributed by atoms with E-state index in [9.17, 15) is 19.5 Å². The summed E-state index contributed by atoms with van der Waals surface area (Å²) in [4.78, 5) is 39.1. The Morgan fingerprint density at radius 1 is 1.15 bits per heavy atom. The highest BCUT2D eigenvalue weighted by Gasteiger charge is 2.27. The summed E-state index contributed by atoms with van der Waals surface area (Å²) >= 11 is 1.21. The molecule has 0 aliphatic rings. The number of fused-ring (bicyclic) bond motifs is 1. The van der Waals surface area contributed by atoms with Crippen LogP contribution in [0.15, 0.2) is 39.9 Å². The first-order valence-electron chi connectivity index (χ1n) is 10.7. The van der Waals surface area contributed by atoms with E-state index < -0.39 is 17.2 Å². The smallest absolute Gasteiger partial charge is 0.337 e. The van der Waals surface area contributed by atoms with Crippen molar-refractivity contribution in [2.45, 2.75) is 40.7 Å². The predicted octanol–water partition coefficient (Wildman–Crippen LogP) is 3.51. The van der Waals surface area contributed by atoms with Crippen molar-refractivity contribution in [2.24, 2.45) is 13.0 Å². The molecule has 4 rings (SSSR count). The van der Waals surface area contributed by atoms with Gasteiger partial charge in [0.1, 0.15) is 4.83 Å². The Bertz CT molecular complexity index is 1490. The molecule has 0 aliphatic carbocycles. The molecule has 33 heavy (non-hydrogen) atoms. The third kappa shape index (κ3) is 3.82. The molecule has 0 bridgehead atoms. The number of rotatable bonds is 6. The molecule has 3 aromatic heterocycles. The minimum atomic E-state index is -1.17. The molecule has 0 aliphatic heterocycles. The molecule has 9 heteroatoms. The van der Waals surface area contributed by atoms with Gasteiger partial charge in [-0.3, -0.25) is 13.9 Å². The van der Waals surface area contributed by atoms with Crippen LogP contribution in [0.25, 0.3) is 15.9 Å². The number of aromatic carboxylic acids is 1. The number of thiophene rings is 1. The number of aromatic nitrogens is 4. The standard InChI is InChI=1S/C24H26N4O4S/c1-13(2)12-27-22-20(21(29)26(5)24(27)32)19(23(30)31)18(33-22)11-17-14(3)25-28(15(17)4)16-9-7-6-8-10-16/h6-10,13H,11-12H2,1-5H3,(H,30,31). The molecule has 0 amide bonds. The lowest BCUT2D eigenvalue weighted by atomic mass is 10.0. The lowest BCUT2D eigenvalue weighted by Gasteiger charge is -2.11. The van der Waals surface area contributed by atoms with Gasteiger partial charge in [-0.05, 0) is 31.9 Å². The van der Waals surface area contributed by atoms with Crippen LogP contribution in [0, 0.1) is 19.8 Å². The number of para-hydroxylation sites is 1. The molecule has 1 N–H and O–H groups in total. The maximum atomic E-state index is 13.0. The van der Waals surface area contributed by atoms with E-state index in [2.05, 4.69) is 5.10 Å². The largest absolute Gasteiger partial charge is 0.478 e. The molecule has 0 atom stereocenters. The minimum Gasteiger partial charge on any atom is -0.478 e. The molecule has 3 heterocycles. The van der Waals surface area contributed by atoms with Crippen molar-refractivity contribution < 1.29 is 9.90 Å². The summed E-state index contributed by atoms with van der Waals surface area (Å²) < 4.78 is 4.36. The van der Waals surface area contributed by atoms with E-state index in [0.29, 0.717) is 22.7 Å². The number of carboxylic acid groups (broad SMARTS) is 1. The highest BCUT2D eigenvalue weighted by atomic mass is 32.1. The van der Waals surface area contributed by atoms with Crippen molar-refractivity contribution in [1.29, 1.82) is 0 Å². The fourth-order valence-corrected chi connectivity index (χ4v) is 5.46. The van der Waals surface area contributed by atoms with Crippen molar-refractivity contribution >= 4 is 27.5 Å². The summed E-state index contributed by atoms with van der Waals surface area (Å²) in [6.45, 7) is 8.18. The summed E-state index contributed by atoms with van der Waals surface area (Å²) in [5.74, 6) is -1.02. The van der Waals surface area contributed by atoms with E-state index in [0.717, 1.165) is 27.2 Å². The molecule has 4 aromatic rings. The normalized spacial score (nSPS) is 11.6. The van der Waals surface area contributed by atoms with E-state index in [1.165, 1.54) is 23.0 Å². The van der Waals surface area contributed by atoms with Crippen LogP contribution in [0.3, 0.4) is 0 Å². The van der Waals surface area contributed by atoms with Crippen molar-refractivity contribution in [3.63, 3.8) is 0 Å². The first-order valence-corrected chi connectivity index (χ1v) is 11.5. The summed E-state index contributed by atoms with van der Waals surface area (Å²) in [7, 11) is 1.39. The van der Waals surface area contributed by atoms with Gasteiger partial charge < -0.3 is 5.11 Å². The van der Waals surface area contributed by atoms with Crippen molar-refractivity contribution in [3.05, 3.63) is 78.6 Å². The van der Waals surface area contributed by atoms with Gasteiger partial charge in [0.2, 0.25) is 0 Å². The van der Waals surface area contributed by atoms with Crippen LogP contribution < -0.4 is 11.2 Å². The van der Waals surface area contributed by atoms with Crippen molar-refractivity contribution in [2.75, 3.05) is 0 Å². The van der Waals surface area contributed by atoms with Gasteiger partial charge in [0.05, 0.1) is 22.3 Å². The van der Waals surface area contributed by atoms with Crippen LogP contribution in [-0.2, 0) is 20.0 Å². The molecule has 1 aromatic carbocycles. The number of hydrogen-bond acceptors (Lipinski definition) is 5. The van der Waals surface area contributed by atoms with Gasteiger partial charge in [0.15, 0.2) is 0 Å². The van der Waals surface area contributed by atoms with Gasteiger partial charge >= 0.3 is 11.7 Å². The fraction of sp³-hybridized carbons (Fsp3) is 0.333. The van der Waals surface area contributed by atoms with Crippen LogP contribution >= 0.6 is 11.3 Å². The number of benzene rings is 1. The third-order valence-electron chi connectivity index (χ3n) is 5.78. The monoisotopic (exact) mass is 466 g/mol. The summed E-state index contributed by atoms with van der Waals surface area (Å²) in [6.07, 6.45) is 0.310. The number of nitrogens with zero attached hydrogens (tertiary/aromatic N) is 4. The molecule has 0 saturated heterocycles. The van der Waals surface area contributed by atoms with E-state index in [1.807, 2.05) is 62.7 Å². The van der Waals surface area contributed by atoms with Gasteiger partial charge in [-0.25, -0.2) is 14.3 Å². The number of carbonyl (C=O) groups is 1. The fourth-order valence-electron chi connectivity index (χ4n) is 4.16. The number of carboxylic acids is 1. The van der Waals surface area contributed by atoms with Crippen LogP contribution in [0.2, 0.25) is 0 Å². The second kappa shape index (κ2) is 8.47. The molecular formula is C24H26N4O4S. The quantitative estimate of drug-likeness (QED) is 0.469. The van der Waals surface area contributed by atoms with E-state index in [4.69, 9.17) is 0 Å². The summed E-state index contributed by atoms with van der Waals surface area (Å²) in [6, 6.07) is 9.72. The number of hydrogen-bond donors (Lipinski definition) is 1. The maximum absolute atomic E-state index is 13.0. The zero-order valence-electron chi connectivity index (χ0n) is 19.2. The Hall–Kier alpha value is -3.46. The zero-order valence-corrected chi connectivity index (χ0v) is 20.1. The predicted molar refractivity (Wildman–Crippen MR) is 129 cm³/mol. The number of aryl methyl sites for hydroxylation is 1. The van der Waals surface area contributed by atoms with Crippen molar-refractivity contribution in [1.82, 2.24) is 18.9 Å². The minimum absolute atomic E-state index is 0.0284. The first-order chi connectivity index (χ1) is 15.6. The van der Waals surface area contributed by atoms with Crippen molar-refractivity contribution in [3.8, 4) is 5.69 Å². The SMILES string of the molecule is Cc1nn(-c2ccccc2)c(C)c1Cc1sc2c(c1C(=O)O)c(=O)n(C)c(=O)n2CC(C)C. The molecule has 8 nitrogen and oxygen atoms in total. The second-order valence-electron chi connectivity index (χ2n) is 8.61. The van der Waals surface area contributed by atoms with Crippen LogP contribution in [-0.4, -0.2) is 30.0 Å². The molecule has 0 spiro atoms. The lowest BCUT2D eigenvalue weighted by molar-refractivity contribution is 0.0698. The Morgan fingerprint density at radius 2 is 1.82 bits per heavy atom. The van der Waals surface area contributed by atoms with Crippen LogP contribution in [0.4, 0.5) is 0 Å². The molecule has 172 valence electrons. The van der Waals surface area contributed by atoms with E-state index in [-0.39, 0.29) is 16.9 Å². The van der Waals surface area contributed by atoms with Gasteiger partial charge in [-0.2, -0.15) is 5.10 Å². The van der Waals surface area contributed by atoms with Gasteiger partial charge in [0, 0.05) is 36.1 Å². The van der Waals surface area contributed by atoms with Gasteiger partial charge in [-0.1, -0.05) is 32.0 Å².